The lowest BCUT2D eigenvalue weighted by Gasteiger charge is -2.22. The molecule has 1 fully saturated rings. The highest BCUT2D eigenvalue weighted by Gasteiger charge is 2.15. The molecule has 1 saturated carbocycles. The molecule has 17 heavy (non-hydrogen) atoms. The summed E-state index contributed by atoms with van der Waals surface area (Å²) in [6, 6.07) is 8.15. The summed E-state index contributed by atoms with van der Waals surface area (Å²) in [7, 11) is 0. The Hall–Kier alpha value is -1.51. The third kappa shape index (κ3) is 3.48. The number of hydrogen-bond donors (Lipinski definition) is 1. The highest BCUT2D eigenvalue weighted by molar-refractivity contribution is 5.56. The smallest absolute Gasteiger partial charge is 0.450 e. The van der Waals surface area contributed by atoms with Crippen molar-refractivity contribution < 1.29 is 14.6 Å². The van der Waals surface area contributed by atoms with E-state index in [9.17, 15) is 4.79 Å². The summed E-state index contributed by atoms with van der Waals surface area (Å²) in [6.45, 7) is 0.139. The maximum atomic E-state index is 10.3. The molecule has 92 valence electrons. The molecule has 3 heteroatoms. The Morgan fingerprint density at radius 1 is 1.18 bits per heavy atom. The van der Waals surface area contributed by atoms with Crippen molar-refractivity contribution in [2.24, 2.45) is 0 Å². The summed E-state index contributed by atoms with van der Waals surface area (Å²) in [5.74, 6) is 0.693. The molecule has 0 aliphatic heterocycles. The maximum absolute atomic E-state index is 10.3. The lowest BCUT2D eigenvalue weighted by Crippen LogP contribution is -2.05. The summed E-state index contributed by atoms with van der Waals surface area (Å²) in [6.07, 6.45) is 5.36. The molecule has 1 aromatic carbocycles. The molecular weight excluding hydrogens is 216 g/mol. The fourth-order valence-corrected chi connectivity index (χ4v) is 2.47. The molecule has 0 saturated heterocycles. The molecule has 0 heterocycles. The quantitative estimate of drug-likeness (QED) is 0.806. The Morgan fingerprint density at radius 3 is 2.41 bits per heavy atom. The largest absolute Gasteiger partial charge is 0.506 e. The van der Waals surface area contributed by atoms with E-state index in [0.29, 0.717) is 5.92 Å². The van der Waals surface area contributed by atoms with Crippen LogP contribution in [0, 0.1) is 0 Å². The van der Waals surface area contributed by atoms with Gasteiger partial charge in [0, 0.05) is 0 Å². The van der Waals surface area contributed by atoms with Crippen molar-refractivity contribution in [1.82, 2.24) is 0 Å². The molecule has 0 bridgehead atoms. The summed E-state index contributed by atoms with van der Waals surface area (Å²) >= 11 is 0. The fourth-order valence-electron chi connectivity index (χ4n) is 2.47. The molecule has 1 N–H and O–H groups in total. The number of carboxylic acid groups (broad SMARTS) is 1. The number of hydrogen-bond acceptors (Lipinski definition) is 2. The molecule has 0 spiro atoms. The van der Waals surface area contributed by atoms with Gasteiger partial charge < -0.3 is 9.84 Å². The molecule has 2 rings (SSSR count). The van der Waals surface area contributed by atoms with Gasteiger partial charge in [-0.05, 0) is 29.9 Å². The van der Waals surface area contributed by atoms with Crippen LogP contribution in [0.25, 0.3) is 0 Å². The Kier molecular flexibility index (Phi) is 4.02. The molecule has 1 aliphatic rings. The van der Waals surface area contributed by atoms with Gasteiger partial charge in [0.15, 0.2) is 0 Å². The van der Waals surface area contributed by atoms with Crippen LogP contribution in [0.2, 0.25) is 0 Å². The third-order valence-electron chi connectivity index (χ3n) is 3.42. The van der Waals surface area contributed by atoms with Crippen molar-refractivity contribution in [3.05, 3.63) is 35.4 Å². The summed E-state index contributed by atoms with van der Waals surface area (Å²) < 4.78 is 4.53. The van der Waals surface area contributed by atoms with Crippen molar-refractivity contribution in [2.45, 2.75) is 44.6 Å². The number of ether oxygens (including phenoxy) is 1. The van der Waals surface area contributed by atoms with Crippen molar-refractivity contribution in [2.75, 3.05) is 0 Å². The van der Waals surface area contributed by atoms with E-state index in [4.69, 9.17) is 5.11 Å². The lowest BCUT2D eigenvalue weighted by molar-refractivity contribution is 0.0854. The first-order chi connectivity index (χ1) is 8.25. The van der Waals surface area contributed by atoms with Crippen LogP contribution in [0.15, 0.2) is 24.3 Å². The fraction of sp³-hybridized carbons (Fsp3) is 0.500. The van der Waals surface area contributed by atoms with Gasteiger partial charge in [-0.2, -0.15) is 0 Å². The van der Waals surface area contributed by atoms with E-state index in [0.717, 1.165) is 5.56 Å². The van der Waals surface area contributed by atoms with Crippen LogP contribution in [0.5, 0.6) is 0 Å². The van der Waals surface area contributed by atoms with Gasteiger partial charge in [-0.15, -0.1) is 0 Å². The molecule has 0 atom stereocenters. The zero-order valence-corrected chi connectivity index (χ0v) is 9.89. The minimum atomic E-state index is -1.22. The topological polar surface area (TPSA) is 46.5 Å². The Labute approximate surface area is 101 Å². The number of benzene rings is 1. The molecule has 0 unspecified atom stereocenters. The molecule has 0 amide bonds. The predicted octanol–water partition coefficient (Wildman–Crippen LogP) is 3.93. The van der Waals surface area contributed by atoms with E-state index in [2.05, 4.69) is 16.9 Å². The highest BCUT2D eigenvalue weighted by Crippen LogP contribution is 2.32. The average molecular weight is 234 g/mol. The average Bonchev–Trinajstić information content (AvgIpc) is 2.38. The van der Waals surface area contributed by atoms with Gasteiger partial charge in [0.1, 0.15) is 6.61 Å². The third-order valence-corrected chi connectivity index (χ3v) is 3.42. The number of rotatable bonds is 3. The monoisotopic (exact) mass is 234 g/mol. The molecule has 0 radical (unpaired) electrons. The van der Waals surface area contributed by atoms with Gasteiger partial charge in [0.25, 0.3) is 0 Å². The SMILES string of the molecule is O=C(O)OCc1ccc(C2CCCCC2)cc1. The van der Waals surface area contributed by atoms with Crippen molar-refractivity contribution in [3.63, 3.8) is 0 Å². The van der Waals surface area contributed by atoms with Crippen molar-refractivity contribution in [3.8, 4) is 0 Å². The van der Waals surface area contributed by atoms with Crippen LogP contribution in [-0.2, 0) is 11.3 Å². The summed E-state index contributed by atoms with van der Waals surface area (Å²) in [4.78, 5) is 10.3. The standard InChI is InChI=1S/C14H18O3/c15-14(16)17-10-11-6-8-13(9-7-11)12-4-2-1-3-5-12/h6-9,12H,1-5,10H2,(H,15,16). The van der Waals surface area contributed by atoms with Crippen LogP contribution >= 0.6 is 0 Å². The van der Waals surface area contributed by atoms with E-state index in [1.54, 1.807) is 0 Å². The summed E-state index contributed by atoms with van der Waals surface area (Å²) in [5, 5.41) is 8.41. The first kappa shape index (κ1) is 12.0. The van der Waals surface area contributed by atoms with Crippen LogP contribution in [0.3, 0.4) is 0 Å². The molecule has 1 aliphatic carbocycles. The van der Waals surface area contributed by atoms with Crippen LogP contribution in [0.1, 0.15) is 49.1 Å². The van der Waals surface area contributed by atoms with Gasteiger partial charge in [0.2, 0.25) is 0 Å². The van der Waals surface area contributed by atoms with E-state index in [1.807, 2.05) is 12.1 Å². The van der Waals surface area contributed by atoms with Gasteiger partial charge in [-0.25, -0.2) is 4.79 Å². The molecule has 1 aromatic rings. The Morgan fingerprint density at radius 2 is 1.82 bits per heavy atom. The zero-order valence-electron chi connectivity index (χ0n) is 9.89. The van der Waals surface area contributed by atoms with Crippen molar-refractivity contribution in [1.29, 1.82) is 0 Å². The minimum absolute atomic E-state index is 0.139. The normalized spacial score (nSPS) is 16.7. The first-order valence-electron chi connectivity index (χ1n) is 6.20. The maximum Gasteiger partial charge on any atom is 0.506 e. The molecule has 3 nitrogen and oxygen atoms in total. The van der Waals surface area contributed by atoms with Crippen molar-refractivity contribution >= 4 is 6.16 Å². The van der Waals surface area contributed by atoms with E-state index in [1.165, 1.54) is 37.7 Å². The van der Waals surface area contributed by atoms with Gasteiger partial charge >= 0.3 is 6.16 Å². The van der Waals surface area contributed by atoms with Crippen LogP contribution in [0.4, 0.5) is 4.79 Å². The van der Waals surface area contributed by atoms with Gasteiger partial charge in [-0.1, -0.05) is 43.5 Å². The zero-order chi connectivity index (χ0) is 12.1. The van der Waals surface area contributed by atoms with Crippen LogP contribution in [-0.4, -0.2) is 11.3 Å². The Bertz CT molecular complexity index is 364. The number of carbonyl (C=O) groups is 1. The lowest BCUT2D eigenvalue weighted by atomic mass is 9.84. The first-order valence-corrected chi connectivity index (χ1v) is 6.20. The summed E-state index contributed by atoms with van der Waals surface area (Å²) in [5.41, 5.74) is 2.29. The second kappa shape index (κ2) is 5.71. The highest BCUT2D eigenvalue weighted by atomic mass is 16.7. The predicted molar refractivity (Wildman–Crippen MR) is 65.1 cm³/mol. The van der Waals surface area contributed by atoms with Gasteiger partial charge in [0.05, 0.1) is 0 Å². The molecular formula is C14H18O3. The second-order valence-electron chi connectivity index (χ2n) is 4.63. The minimum Gasteiger partial charge on any atom is -0.450 e. The van der Waals surface area contributed by atoms with E-state index >= 15 is 0 Å². The second-order valence-corrected chi connectivity index (χ2v) is 4.63. The van der Waals surface area contributed by atoms with E-state index in [-0.39, 0.29) is 6.61 Å². The Balaban J connectivity index is 1.94. The molecule has 0 aromatic heterocycles. The van der Waals surface area contributed by atoms with Crippen LogP contribution < -0.4 is 0 Å². The van der Waals surface area contributed by atoms with E-state index < -0.39 is 6.16 Å². The van der Waals surface area contributed by atoms with Gasteiger partial charge in [-0.3, -0.25) is 0 Å².